The van der Waals surface area contributed by atoms with Crippen molar-refractivity contribution < 1.29 is 19.4 Å². The highest BCUT2D eigenvalue weighted by molar-refractivity contribution is 5.87. The van der Waals surface area contributed by atoms with Crippen molar-refractivity contribution in [3.8, 4) is 0 Å². The normalized spacial score (nSPS) is 11.1. The van der Waals surface area contributed by atoms with Crippen LogP contribution in [0.1, 0.15) is 36.2 Å². The minimum Gasteiger partial charge on any atom is -0.478 e. The van der Waals surface area contributed by atoms with Crippen LogP contribution in [0.5, 0.6) is 0 Å². The van der Waals surface area contributed by atoms with E-state index in [4.69, 9.17) is 9.84 Å². The van der Waals surface area contributed by atoms with Gasteiger partial charge in [0.05, 0.1) is 17.6 Å². The zero-order valence-corrected chi connectivity index (χ0v) is 11.4. The molecule has 0 radical (unpaired) electrons. The second-order valence-electron chi connectivity index (χ2n) is 4.92. The number of carbonyl (C=O) groups excluding carboxylic acids is 1. The topological polar surface area (TPSA) is 75.6 Å². The van der Waals surface area contributed by atoms with Gasteiger partial charge in [0.15, 0.2) is 0 Å². The molecule has 1 rings (SSSR count). The predicted octanol–water partition coefficient (Wildman–Crippen LogP) is 1.82. The molecule has 104 valence electrons. The summed E-state index contributed by atoms with van der Waals surface area (Å²) in [6.07, 6.45) is 0.252. The molecule has 1 amide bonds. The molecule has 0 aliphatic carbocycles. The molecule has 0 saturated carbocycles. The van der Waals surface area contributed by atoms with Crippen LogP contribution in [0.25, 0.3) is 0 Å². The van der Waals surface area contributed by atoms with Crippen LogP contribution in [0.4, 0.5) is 0 Å². The highest BCUT2D eigenvalue weighted by atomic mass is 16.5. The van der Waals surface area contributed by atoms with E-state index in [1.54, 1.807) is 25.3 Å². The number of hydrogen-bond acceptors (Lipinski definition) is 3. The van der Waals surface area contributed by atoms with Crippen LogP contribution in [-0.2, 0) is 16.1 Å². The Kier molecular flexibility index (Phi) is 5.06. The number of carbonyl (C=O) groups is 2. The maximum Gasteiger partial charge on any atom is 0.335 e. The zero-order valence-electron chi connectivity index (χ0n) is 11.4. The molecule has 0 aliphatic rings. The second kappa shape index (κ2) is 6.33. The van der Waals surface area contributed by atoms with Crippen LogP contribution < -0.4 is 5.32 Å². The predicted molar refractivity (Wildman–Crippen MR) is 71.0 cm³/mol. The van der Waals surface area contributed by atoms with Gasteiger partial charge in [-0.25, -0.2) is 4.79 Å². The van der Waals surface area contributed by atoms with Crippen LogP contribution in [0.3, 0.4) is 0 Å². The van der Waals surface area contributed by atoms with E-state index in [0.717, 1.165) is 5.56 Å². The molecule has 2 N–H and O–H groups in total. The molecule has 5 nitrogen and oxygen atoms in total. The third-order valence-electron chi connectivity index (χ3n) is 2.80. The lowest BCUT2D eigenvalue weighted by molar-refractivity contribution is -0.126. The van der Waals surface area contributed by atoms with E-state index in [2.05, 4.69) is 5.32 Å². The smallest absolute Gasteiger partial charge is 0.335 e. The molecule has 0 aromatic heterocycles. The molecule has 0 aliphatic heterocycles. The number of ether oxygens (including phenoxy) is 1. The largest absolute Gasteiger partial charge is 0.478 e. The Hall–Kier alpha value is -1.88. The van der Waals surface area contributed by atoms with Crippen molar-refractivity contribution in [2.24, 2.45) is 0 Å². The van der Waals surface area contributed by atoms with E-state index >= 15 is 0 Å². The van der Waals surface area contributed by atoms with Gasteiger partial charge in [-0.2, -0.15) is 0 Å². The molecule has 0 unspecified atom stereocenters. The quantitative estimate of drug-likeness (QED) is 0.822. The van der Waals surface area contributed by atoms with Gasteiger partial charge in [-0.3, -0.25) is 4.79 Å². The van der Waals surface area contributed by atoms with Crippen molar-refractivity contribution in [3.05, 3.63) is 35.4 Å². The molecule has 19 heavy (non-hydrogen) atoms. The average molecular weight is 265 g/mol. The maximum absolute atomic E-state index is 11.7. The average Bonchev–Trinajstić information content (AvgIpc) is 2.36. The van der Waals surface area contributed by atoms with Crippen molar-refractivity contribution in [2.45, 2.75) is 32.4 Å². The fraction of sp³-hybridized carbons (Fsp3) is 0.429. The van der Waals surface area contributed by atoms with Crippen LogP contribution in [-0.4, -0.2) is 29.7 Å². The standard InChI is InChI=1S/C14H19NO4/c1-14(2,19-3)8-12(16)15-9-10-5-4-6-11(7-10)13(17)18/h4-7H,8-9H2,1-3H3,(H,15,16)(H,17,18). The number of benzene rings is 1. The van der Waals surface area contributed by atoms with E-state index in [1.807, 2.05) is 13.8 Å². The number of carboxylic acid groups (broad SMARTS) is 1. The molecule has 5 heteroatoms. The maximum atomic E-state index is 11.7. The Morgan fingerprint density at radius 3 is 2.63 bits per heavy atom. The van der Waals surface area contributed by atoms with Gasteiger partial charge >= 0.3 is 5.97 Å². The van der Waals surface area contributed by atoms with Gasteiger partial charge in [-0.05, 0) is 31.5 Å². The van der Waals surface area contributed by atoms with Crippen molar-refractivity contribution in [3.63, 3.8) is 0 Å². The molecule has 1 aromatic carbocycles. The fourth-order valence-corrected chi connectivity index (χ4v) is 1.54. The van der Waals surface area contributed by atoms with E-state index in [1.165, 1.54) is 6.07 Å². The summed E-state index contributed by atoms with van der Waals surface area (Å²) in [5.41, 5.74) is 0.458. The second-order valence-corrected chi connectivity index (χ2v) is 4.92. The molecule has 0 bridgehead atoms. The van der Waals surface area contributed by atoms with Crippen LogP contribution in [0.2, 0.25) is 0 Å². The van der Waals surface area contributed by atoms with E-state index in [-0.39, 0.29) is 17.9 Å². The summed E-state index contributed by atoms with van der Waals surface area (Å²) in [6, 6.07) is 6.49. The Labute approximate surface area is 112 Å². The molecule has 0 saturated heterocycles. The van der Waals surface area contributed by atoms with Crippen molar-refractivity contribution in [1.82, 2.24) is 5.32 Å². The minimum absolute atomic E-state index is 0.132. The molecular weight excluding hydrogens is 246 g/mol. The summed E-state index contributed by atoms with van der Waals surface area (Å²) in [4.78, 5) is 22.5. The van der Waals surface area contributed by atoms with Gasteiger partial charge in [-0.15, -0.1) is 0 Å². The number of hydrogen-bond donors (Lipinski definition) is 2. The van der Waals surface area contributed by atoms with Gasteiger partial charge < -0.3 is 15.2 Å². The molecule has 1 aromatic rings. The van der Waals surface area contributed by atoms with Crippen LogP contribution in [0.15, 0.2) is 24.3 Å². The number of carboxylic acids is 1. The number of aromatic carboxylic acids is 1. The molecule has 0 atom stereocenters. The fourth-order valence-electron chi connectivity index (χ4n) is 1.54. The SMILES string of the molecule is COC(C)(C)CC(=O)NCc1cccc(C(=O)O)c1. The Morgan fingerprint density at radius 2 is 2.05 bits per heavy atom. The van der Waals surface area contributed by atoms with Gasteiger partial charge in [-0.1, -0.05) is 12.1 Å². The van der Waals surface area contributed by atoms with Crippen LogP contribution in [0, 0.1) is 0 Å². The van der Waals surface area contributed by atoms with Gasteiger partial charge in [0.2, 0.25) is 5.91 Å². The minimum atomic E-state index is -0.978. The summed E-state index contributed by atoms with van der Waals surface area (Å²) < 4.78 is 5.17. The zero-order chi connectivity index (χ0) is 14.5. The third-order valence-corrected chi connectivity index (χ3v) is 2.80. The Bertz CT molecular complexity index is 468. The number of methoxy groups -OCH3 is 1. The summed E-state index contributed by atoms with van der Waals surface area (Å²) >= 11 is 0. The number of rotatable bonds is 6. The third kappa shape index (κ3) is 5.09. The molecule has 0 spiro atoms. The summed E-state index contributed by atoms with van der Waals surface area (Å²) in [6.45, 7) is 3.97. The van der Waals surface area contributed by atoms with Crippen LogP contribution >= 0.6 is 0 Å². The van der Waals surface area contributed by atoms with E-state index < -0.39 is 11.6 Å². The Morgan fingerprint density at radius 1 is 1.37 bits per heavy atom. The number of amides is 1. The van der Waals surface area contributed by atoms with E-state index in [0.29, 0.717) is 6.54 Å². The summed E-state index contributed by atoms with van der Waals surface area (Å²) in [7, 11) is 1.56. The van der Waals surface area contributed by atoms with E-state index in [9.17, 15) is 9.59 Å². The first-order valence-corrected chi connectivity index (χ1v) is 5.98. The van der Waals surface area contributed by atoms with Crippen molar-refractivity contribution in [2.75, 3.05) is 7.11 Å². The van der Waals surface area contributed by atoms with Crippen molar-refractivity contribution >= 4 is 11.9 Å². The summed E-state index contributed by atoms with van der Waals surface area (Å²) in [5.74, 6) is -1.11. The molecule has 0 fully saturated rings. The van der Waals surface area contributed by atoms with Gasteiger partial charge in [0, 0.05) is 13.7 Å². The van der Waals surface area contributed by atoms with Gasteiger partial charge in [0.25, 0.3) is 0 Å². The highest BCUT2D eigenvalue weighted by Gasteiger charge is 2.20. The summed E-state index contributed by atoms with van der Waals surface area (Å²) in [5, 5.41) is 11.6. The Balaban J connectivity index is 2.55. The lowest BCUT2D eigenvalue weighted by atomic mass is 10.0. The lowest BCUT2D eigenvalue weighted by Gasteiger charge is -2.21. The highest BCUT2D eigenvalue weighted by Crippen LogP contribution is 2.12. The first-order valence-electron chi connectivity index (χ1n) is 5.98. The monoisotopic (exact) mass is 265 g/mol. The molecular formula is C14H19NO4. The first kappa shape index (κ1) is 15.2. The number of nitrogens with one attached hydrogen (secondary N) is 1. The molecule has 0 heterocycles. The van der Waals surface area contributed by atoms with Crippen molar-refractivity contribution in [1.29, 1.82) is 0 Å². The lowest BCUT2D eigenvalue weighted by Crippen LogP contribution is -2.33. The van der Waals surface area contributed by atoms with Gasteiger partial charge in [0.1, 0.15) is 0 Å². The first-order chi connectivity index (χ1) is 8.84.